The third-order valence-electron chi connectivity index (χ3n) is 5.62. The number of nitrogens with zero attached hydrogens (tertiary/aromatic N) is 1. The number of thioether (sulfide) groups is 1. The lowest BCUT2D eigenvalue weighted by Crippen LogP contribution is -2.71. The average Bonchev–Trinajstić information content (AvgIpc) is 2.85. The Morgan fingerprint density at radius 3 is 2.49 bits per heavy atom. The number of carbonyl (C=O) groups excluding carboxylic acids is 3. The molecule has 4 N–H and O–H groups in total. The number of carboxylic acid groups (broad SMARTS) is 1. The number of fused-ring (bicyclic) bond motifs is 1. The maximum atomic E-state index is 13.2. The van der Waals surface area contributed by atoms with E-state index in [2.05, 4.69) is 10.6 Å². The van der Waals surface area contributed by atoms with E-state index >= 15 is 0 Å². The van der Waals surface area contributed by atoms with Gasteiger partial charge in [-0.3, -0.25) is 14.5 Å². The van der Waals surface area contributed by atoms with Gasteiger partial charge in [-0.05, 0) is 35.8 Å². The molecule has 4 rings (SSSR count). The number of ether oxygens (including phenoxy) is 1. The summed E-state index contributed by atoms with van der Waals surface area (Å²) in [6, 6.07) is 12.5. The van der Waals surface area contributed by atoms with Crippen LogP contribution in [0, 0.1) is 0 Å². The van der Waals surface area contributed by atoms with E-state index in [4.69, 9.17) is 4.74 Å². The number of aromatic hydroxyl groups is 1. The van der Waals surface area contributed by atoms with Crippen LogP contribution < -0.4 is 10.6 Å². The number of carbonyl (C=O) groups is 4. The molecule has 0 radical (unpaired) electrons. The van der Waals surface area contributed by atoms with Crippen LogP contribution in [-0.4, -0.2) is 56.2 Å². The maximum Gasteiger partial charge on any atom is 0.408 e. The Labute approximate surface area is 204 Å². The first kappa shape index (κ1) is 24.1. The van der Waals surface area contributed by atoms with E-state index in [0.717, 1.165) is 5.56 Å². The van der Waals surface area contributed by atoms with Gasteiger partial charge in [0.25, 0.3) is 5.91 Å². The smallest absolute Gasteiger partial charge is 0.408 e. The molecule has 2 heterocycles. The summed E-state index contributed by atoms with van der Waals surface area (Å²) in [5, 5.41) is 23.7. The van der Waals surface area contributed by atoms with Crippen LogP contribution in [0.15, 0.2) is 65.9 Å². The van der Waals surface area contributed by atoms with Gasteiger partial charge in [0, 0.05) is 5.75 Å². The van der Waals surface area contributed by atoms with Gasteiger partial charge < -0.3 is 25.6 Å². The van der Waals surface area contributed by atoms with Gasteiger partial charge >= 0.3 is 12.1 Å². The Kier molecular flexibility index (Phi) is 6.97. The fourth-order valence-corrected chi connectivity index (χ4v) is 5.15. The van der Waals surface area contributed by atoms with Crippen molar-refractivity contribution in [3.8, 4) is 5.75 Å². The van der Waals surface area contributed by atoms with Crippen molar-refractivity contribution in [2.75, 3.05) is 5.75 Å². The number of alkyl carbamates (subject to hydrolysis) is 1. The largest absolute Gasteiger partial charge is 0.508 e. The highest BCUT2D eigenvalue weighted by molar-refractivity contribution is 8.00. The summed E-state index contributed by atoms with van der Waals surface area (Å²) in [5.74, 6) is -2.02. The molecule has 2 aromatic rings. The number of benzene rings is 2. The van der Waals surface area contributed by atoms with E-state index in [9.17, 15) is 29.4 Å². The van der Waals surface area contributed by atoms with E-state index < -0.39 is 41.3 Å². The Morgan fingerprint density at radius 1 is 1.14 bits per heavy atom. The Hall–Kier alpha value is -3.99. The number of hydrogen-bond donors (Lipinski definition) is 4. The summed E-state index contributed by atoms with van der Waals surface area (Å²) in [4.78, 5) is 51.2. The Bertz CT molecular complexity index is 1180. The normalized spacial score (nSPS) is 19.8. The highest BCUT2D eigenvalue weighted by atomic mass is 32.2. The number of nitrogens with one attached hydrogen (secondary N) is 2. The van der Waals surface area contributed by atoms with Gasteiger partial charge in [-0.1, -0.05) is 42.5 Å². The zero-order chi connectivity index (χ0) is 25.1. The van der Waals surface area contributed by atoms with Crippen LogP contribution >= 0.6 is 11.8 Å². The number of β-lactam (4-membered cyclic amide) rings is 1. The molecule has 3 amide bonds. The van der Waals surface area contributed by atoms with Crippen molar-refractivity contribution in [2.45, 2.75) is 31.0 Å². The highest BCUT2D eigenvalue weighted by Crippen LogP contribution is 2.40. The molecule has 3 atom stereocenters. The van der Waals surface area contributed by atoms with Gasteiger partial charge in [-0.25, -0.2) is 9.59 Å². The van der Waals surface area contributed by atoms with Crippen molar-refractivity contribution in [2.24, 2.45) is 0 Å². The fourth-order valence-electron chi connectivity index (χ4n) is 3.86. The van der Waals surface area contributed by atoms with E-state index in [1.807, 2.05) is 6.07 Å². The Morgan fingerprint density at radius 2 is 1.83 bits per heavy atom. The van der Waals surface area contributed by atoms with Crippen LogP contribution in [0.3, 0.4) is 0 Å². The second-order valence-corrected chi connectivity index (χ2v) is 9.17. The first-order valence-corrected chi connectivity index (χ1v) is 11.8. The van der Waals surface area contributed by atoms with E-state index in [0.29, 0.717) is 16.9 Å². The molecule has 1 unspecified atom stereocenters. The molecule has 2 aliphatic rings. The number of carboxylic acids is 1. The van der Waals surface area contributed by atoms with Gasteiger partial charge in [-0.2, -0.15) is 0 Å². The summed E-state index contributed by atoms with van der Waals surface area (Å²) in [7, 11) is 0. The fraction of sp³-hybridized carbons (Fsp3) is 0.250. The summed E-state index contributed by atoms with van der Waals surface area (Å²) < 4.78 is 5.23. The van der Waals surface area contributed by atoms with Crippen LogP contribution in [0.25, 0.3) is 0 Å². The molecule has 10 nitrogen and oxygen atoms in total. The summed E-state index contributed by atoms with van der Waals surface area (Å²) in [5.41, 5.74) is 1.63. The number of amides is 3. The molecule has 11 heteroatoms. The quantitative estimate of drug-likeness (QED) is 0.426. The Balaban J connectivity index is 1.47. The van der Waals surface area contributed by atoms with E-state index in [1.54, 1.807) is 31.2 Å². The molecule has 35 heavy (non-hydrogen) atoms. The van der Waals surface area contributed by atoms with Crippen LogP contribution in [0.5, 0.6) is 5.75 Å². The van der Waals surface area contributed by atoms with E-state index in [-0.39, 0.29) is 18.1 Å². The first-order chi connectivity index (χ1) is 16.8. The molecule has 182 valence electrons. The lowest BCUT2D eigenvalue weighted by Gasteiger charge is -2.49. The van der Waals surface area contributed by atoms with Crippen molar-refractivity contribution < 1.29 is 34.1 Å². The summed E-state index contributed by atoms with van der Waals surface area (Å²) in [6.45, 7) is 1.65. The summed E-state index contributed by atoms with van der Waals surface area (Å²) in [6.07, 6.45) is -0.845. The molecule has 1 saturated heterocycles. The number of phenols is 1. The molecular formula is C24H23N3O7S. The number of phenolic OH excluding ortho intramolecular Hbond substituents is 1. The van der Waals surface area contributed by atoms with Crippen molar-refractivity contribution in [1.29, 1.82) is 0 Å². The van der Waals surface area contributed by atoms with Crippen LogP contribution in [-0.2, 0) is 25.7 Å². The van der Waals surface area contributed by atoms with E-state index in [1.165, 1.54) is 40.9 Å². The monoisotopic (exact) mass is 497 g/mol. The number of hydrogen-bond acceptors (Lipinski definition) is 7. The molecule has 1 fully saturated rings. The zero-order valence-corrected chi connectivity index (χ0v) is 19.5. The predicted octanol–water partition coefficient (Wildman–Crippen LogP) is 2.12. The number of aliphatic carboxylic acids is 1. The minimum Gasteiger partial charge on any atom is -0.508 e. The van der Waals surface area contributed by atoms with Crippen molar-refractivity contribution in [3.63, 3.8) is 0 Å². The molecule has 0 bridgehead atoms. The lowest BCUT2D eigenvalue weighted by molar-refractivity contribution is -0.151. The van der Waals surface area contributed by atoms with Gasteiger partial charge in [0.05, 0.1) is 0 Å². The molecule has 0 saturated carbocycles. The second-order valence-electron chi connectivity index (χ2n) is 8.06. The topological polar surface area (TPSA) is 145 Å². The van der Waals surface area contributed by atoms with Gasteiger partial charge in [-0.15, -0.1) is 11.8 Å². The summed E-state index contributed by atoms with van der Waals surface area (Å²) >= 11 is 1.35. The number of rotatable bonds is 7. The molecule has 0 aromatic heterocycles. The SMILES string of the molecule is CC1=C(C(=O)O)N2C(=O)C(NC(=O)[C@H](NC(=O)OCc3ccccc3)c3ccc(O)cc3)[C@H]2SC1. The highest BCUT2D eigenvalue weighted by Gasteiger charge is 2.54. The van der Waals surface area contributed by atoms with Crippen LogP contribution in [0.2, 0.25) is 0 Å². The minimum absolute atomic E-state index is 0.00493. The van der Waals surface area contributed by atoms with Gasteiger partial charge in [0.15, 0.2) is 0 Å². The maximum absolute atomic E-state index is 13.2. The lowest BCUT2D eigenvalue weighted by atomic mass is 10.0. The first-order valence-electron chi connectivity index (χ1n) is 10.7. The third-order valence-corrected chi connectivity index (χ3v) is 7.05. The van der Waals surface area contributed by atoms with Gasteiger partial charge in [0.2, 0.25) is 5.91 Å². The molecule has 2 aromatic carbocycles. The predicted molar refractivity (Wildman–Crippen MR) is 126 cm³/mol. The standard InChI is InChI=1S/C24H23N3O7S/c1-13-12-35-22-18(21(30)27(22)19(13)23(31)32)25-20(29)17(15-7-9-16(28)10-8-15)26-24(33)34-11-14-5-3-2-4-6-14/h2-10,17-18,22,28H,11-12H2,1H3,(H,25,29)(H,26,33)(H,31,32)/t17-,18?,22-/m1/s1. The van der Waals surface area contributed by atoms with Crippen molar-refractivity contribution >= 4 is 35.6 Å². The van der Waals surface area contributed by atoms with Gasteiger partial charge in [0.1, 0.15) is 35.5 Å². The zero-order valence-electron chi connectivity index (χ0n) is 18.6. The second kappa shape index (κ2) is 10.1. The molecular weight excluding hydrogens is 474 g/mol. The van der Waals surface area contributed by atoms with Crippen LogP contribution in [0.1, 0.15) is 24.1 Å². The molecule has 0 aliphatic carbocycles. The average molecular weight is 498 g/mol. The minimum atomic E-state index is -1.22. The molecule has 2 aliphatic heterocycles. The van der Waals surface area contributed by atoms with Crippen molar-refractivity contribution in [1.82, 2.24) is 15.5 Å². The van der Waals surface area contributed by atoms with Crippen molar-refractivity contribution in [3.05, 3.63) is 77.0 Å². The third kappa shape index (κ3) is 5.09. The molecule has 0 spiro atoms. The van der Waals surface area contributed by atoms with Crippen LogP contribution in [0.4, 0.5) is 4.79 Å².